The molecule has 2 heterocycles. The van der Waals surface area contributed by atoms with Gasteiger partial charge in [0.25, 0.3) is 0 Å². The molecule has 2 aromatic heterocycles. The molecule has 0 spiro atoms. The molecule has 0 saturated carbocycles. The quantitative estimate of drug-likeness (QED) is 0.174. The molecule has 0 N–H and O–H groups in total. The first-order chi connectivity index (χ1) is 25.3. The van der Waals surface area contributed by atoms with Crippen LogP contribution in [-0.4, -0.2) is 9.97 Å². The Morgan fingerprint density at radius 2 is 0.882 bits per heavy atom. The standard InChI is InChI=1S/C48H30N2O/c1-4-16-31(17-5-1)46-44(47(32-18-6-2-7-19-32)50-48(49-46)33-20-8-3-9-21-33)35-29-41(45-39-26-14-15-27-42(39)51-43(45)30-35)40-28-34-22-10-11-23-36(34)37-24-12-13-25-38(37)40/h1-30H. The van der Waals surface area contributed by atoms with E-state index in [9.17, 15) is 0 Å². The Morgan fingerprint density at radius 1 is 0.353 bits per heavy atom. The van der Waals surface area contributed by atoms with Crippen LogP contribution in [0, 0.1) is 0 Å². The summed E-state index contributed by atoms with van der Waals surface area (Å²) in [4.78, 5) is 10.7. The first-order valence-electron chi connectivity index (χ1n) is 17.2. The van der Waals surface area contributed by atoms with E-state index in [-0.39, 0.29) is 0 Å². The fourth-order valence-electron chi connectivity index (χ4n) is 7.55. The molecule has 0 unspecified atom stereocenters. The van der Waals surface area contributed by atoms with Gasteiger partial charge in [0.1, 0.15) is 11.2 Å². The fraction of sp³-hybridized carbons (Fsp3) is 0. The minimum Gasteiger partial charge on any atom is -0.456 e. The highest BCUT2D eigenvalue weighted by Gasteiger charge is 2.24. The summed E-state index contributed by atoms with van der Waals surface area (Å²) >= 11 is 0. The molecular formula is C48H30N2O. The third kappa shape index (κ3) is 4.90. The molecule has 3 heteroatoms. The first kappa shape index (κ1) is 29.1. The van der Waals surface area contributed by atoms with E-state index >= 15 is 0 Å². The summed E-state index contributed by atoms with van der Waals surface area (Å²) in [5.74, 6) is 0.683. The lowest BCUT2D eigenvalue weighted by Crippen LogP contribution is -2.01. The minimum atomic E-state index is 0.683. The monoisotopic (exact) mass is 650 g/mol. The molecule has 0 aliphatic carbocycles. The number of para-hydroxylation sites is 1. The van der Waals surface area contributed by atoms with Crippen molar-refractivity contribution < 1.29 is 4.42 Å². The number of rotatable bonds is 5. The van der Waals surface area contributed by atoms with E-state index in [1.54, 1.807) is 0 Å². The van der Waals surface area contributed by atoms with Gasteiger partial charge in [-0.05, 0) is 62.5 Å². The molecule has 0 aliphatic rings. The molecular weight excluding hydrogens is 621 g/mol. The number of hydrogen-bond donors (Lipinski definition) is 0. The second kappa shape index (κ2) is 11.9. The summed E-state index contributed by atoms with van der Waals surface area (Å²) in [6, 6.07) is 63.7. The number of benzene rings is 8. The van der Waals surface area contributed by atoms with Crippen LogP contribution in [-0.2, 0) is 0 Å². The smallest absolute Gasteiger partial charge is 0.160 e. The van der Waals surface area contributed by atoms with E-state index in [4.69, 9.17) is 14.4 Å². The SMILES string of the molecule is c1ccc(-c2nc(-c3ccccc3)c(-c3cc(-c4cc5ccccc5c5ccccc45)c4c(c3)oc3ccccc34)c(-c3ccccc3)n2)cc1. The Balaban J connectivity index is 1.36. The van der Waals surface area contributed by atoms with Crippen LogP contribution in [0.25, 0.3) is 99.6 Å². The number of aromatic nitrogens is 2. The largest absolute Gasteiger partial charge is 0.456 e. The van der Waals surface area contributed by atoms with Crippen LogP contribution < -0.4 is 0 Å². The summed E-state index contributed by atoms with van der Waals surface area (Å²) in [6.07, 6.45) is 0. The molecule has 238 valence electrons. The van der Waals surface area contributed by atoms with Crippen molar-refractivity contribution in [3.63, 3.8) is 0 Å². The maximum absolute atomic E-state index is 6.72. The number of nitrogens with zero attached hydrogens (tertiary/aromatic N) is 2. The zero-order valence-electron chi connectivity index (χ0n) is 27.6. The molecule has 51 heavy (non-hydrogen) atoms. The molecule has 0 atom stereocenters. The van der Waals surface area contributed by atoms with Crippen molar-refractivity contribution >= 4 is 43.5 Å². The summed E-state index contributed by atoms with van der Waals surface area (Å²) < 4.78 is 6.72. The molecule has 0 aliphatic heterocycles. The van der Waals surface area contributed by atoms with Crippen molar-refractivity contribution in [2.45, 2.75) is 0 Å². The molecule has 10 rings (SSSR count). The highest BCUT2D eigenvalue weighted by Crippen LogP contribution is 2.47. The summed E-state index contributed by atoms with van der Waals surface area (Å²) in [6.45, 7) is 0. The topological polar surface area (TPSA) is 38.9 Å². The van der Waals surface area contributed by atoms with Crippen LogP contribution in [0.4, 0.5) is 0 Å². The lowest BCUT2D eigenvalue weighted by molar-refractivity contribution is 0.669. The van der Waals surface area contributed by atoms with Crippen LogP contribution in [0.5, 0.6) is 0 Å². The highest BCUT2D eigenvalue weighted by molar-refractivity contribution is 6.20. The molecule has 0 radical (unpaired) electrons. The van der Waals surface area contributed by atoms with Crippen molar-refractivity contribution in [2.24, 2.45) is 0 Å². The average Bonchev–Trinajstić information content (AvgIpc) is 3.59. The maximum Gasteiger partial charge on any atom is 0.160 e. The molecule has 0 saturated heterocycles. The highest BCUT2D eigenvalue weighted by atomic mass is 16.3. The van der Waals surface area contributed by atoms with Gasteiger partial charge in [0.15, 0.2) is 5.82 Å². The Hall–Kier alpha value is -6.84. The Kier molecular flexibility index (Phi) is 6.81. The van der Waals surface area contributed by atoms with Gasteiger partial charge < -0.3 is 4.42 Å². The maximum atomic E-state index is 6.72. The van der Waals surface area contributed by atoms with Crippen LogP contribution in [0.3, 0.4) is 0 Å². The number of fused-ring (bicyclic) bond motifs is 6. The van der Waals surface area contributed by atoms with Gasteiger partial charge >= 0.3 is 0 Å². The van der Waals surface area contributed by atoms with Crippen LogP contribution in [0.2, 0.25) is 0 Å². The molecule has 10 aromatic rings. The van der Waals surface area contributed by atoms with E-state index in [1.165, 1.54) is 21.5 Å². The van der Waals surface area contributed by atoms with Gasteiger partial charge in [0, 0.05) is 33.0 Å². The predicted octanol–water partition coefficient (Wildman–Crippen LogP) is 13.0. The normalized spacial score (nSPS) is 11.5. The lowest BCUT2D eigenvalue weighted by atomic mass is 9.87. The molecule has 0 amide bonds. The van der Waals surface area contributed by atoms with Crippen LogP contribution in [0.15, 0.2) is 186 Å². The fourth-order valence-corrected chi connectivity index (χ4v) is 7.55. The molecule has 8 aromatic carbocycles. The van der Waals surface area contributed by atoms with E-state index < -0.39 is 0 Å². The third-order valence-electron chi connectivity index (χ3n) is 9.86. The second-order valence-corrected chi connectivity index (χ2v) is 12.9. The average molecular weight is 651 g/mol. The number of hydrogen-bond acceptors (Lipinski definition) is 3. The summed E-state index contributed by atoms with van der Waals surface area (Å²) in [5, 5.41) is 7.05. The van der Waals surface area contributed by atoms with Gasteiger partial charge in [-0.3, -0.25) is 0 Å². The van der Waals surface area contributed by atoms with E-state index in [0.717, 1.165) is 72.3 Å². The van der Waals surface area contributed by atoms with Gasteiger partial charge in [-0.15, -0.1) is 0 Å². The summed E-state index contributed by atoms with van der Waals surface area (Å²) in [5.41, 5.74) is 10.6. The van der Waals surface area contributed by atoms with Crippen molar-refractivity contribution in [1.82, 2.24) is 9.97 Å². The van der Waals surface area contributed by atoms with Crippen molar-refractivity contribution in [3.8, 4) is 56.2 Å². The zero-order chi connectivity index (χ0) is 33.7. The Labute approximate surface area is 295 Å². The lowest BCUT2D eigenvalue weighted by Gasteiger charge is -2.18. The molecule has 0 fully saturated rings. The number of furan rings is 1. The molecule has 3 nitrogen and oxygen atoms in total. The van der Waals surface area contributed by atoms with Crippen molar-refractivity contribution in [1.29, 1.82) is 0 Å². The predicted molar refractivity (Wildman–Crippen MR) is 212 cm³/mol. The van der Waals surface area contributed by atoms with E-state index in [1.807, 2.05) is 36.4 Å². The molecule has 0 bridgehead atoms. The first-order valence-corrected chi connectivity index (χ1v) is 17.2. The second-order valence-electron chi connectivity index (χ2n) is 12.9. The van der Waals surface area contributed by atoms with E-state index in [2.05, 4.69) is 146 Å². The van der Waals surface area contributed by atoms with Crippen LogP contribution >= 0.6 is 0 Å². The Morgan fingerprint density at radius 3 is 1.55 bits per heavy atom. The van der Waals surface area contributed by atoms with Crippen molar-refractivity contribution in [3.05, 3.63) is 182 Å². The summed E-state index contributed by atoms with van der Waals surface area (Å²) in [7, 11) is 0. The Bertz CT molecular complexity index is 2830. The van der Waals surface area contributed by atoms with Gasteiger partial charge in [0.05, 0.1) is 11.4 Å². The minimum absolute atomic E-state index is 0.683. The van der Waals surface area contributed by atoms with Crippen LogP contribution in [0.1, 0.15) is 0 Å². The zero-order valence-corrected chi connectivity index (χ0v) is 27.6. The van der Waals surface area contributed by atoms with Crippen molar-refractivity contribution in [2.75, 3.05) is 0 Å². The van der Waals surface area contributed by atoms with Gasteiger partial charge in [-0.2, -0.15) is 0 Å². The van der Waals surface area contributed by atoms with E-state index in [0.29, 0.717) is 5.82 Å². The third-order valence-corrected chi connectivity index (χ3v) is 9.86. The van der Waals surface area contributed by atoms with Gasteiger partial charge in [-0.1, -0.05) is 158 Å². The van der Waals surface area contributed by atoms with Gasteiger partial charge in [-0.25, -0.2) is 9.97 Å². The van der Waals surface area contributed by atoms with Gasteiger partial charge in [0.2, 0.25) is 0 Å².